The van der Waals surface area contributed by atoms with Crippen LogP contribution in [-0.4, -0.2) is 56.8 Å². The van der Waals surface area contributed by atoms with E-state index >= 15 is 0 Å². The van der Waals surface area contributed by atoms with E-state index in [9.17, 15) is 19.2 Å². The highest BCUT2D eigenvalue weighted by atomic mass is 16.5. The number of imidazole rings is 1. The third-order valence-corrected chi connectivity index (χ3v) is 9.02. The van der Waals surface area contributed by atoms with E-state index < -0.39 is 5.97 Å². The fraction of sp³-hybridized carbons (Fsp3) is 0.333. The van der Waals surface area contributed by atoms with Crippen LogP contribution in [0.5, 0.6) is 0 Å². The number of amides is 2. The maximum atomic E-state index is 13.6. The number of benzene rings is 3. The van der Waals surface area contributed by atoms with Crippen LogP contribution in [0.15, 0.2) is 88.9 Å². The Morgan fingerprint density at radius 2 is 1.69 bits per heavy atom. The summed E-state index contributed by atoms with van der Waals surface area (Å²) in [5.74, 6) is -0.964. The van der Waals surface area contributed by atoms with Crippen LogP contribution < -0.4 is 5.69 Å². The lowest BCUT2D eigenvalue weighted by molar-refractivity contribution is -0.140. The van der Waals surface area contributed by atoms with Gasteiger partial charge in [0.2, 0.25) is 5.91 Å². The first-order valence-electron chi connectivity index (χ1n) is 15.6. The molecule has 0 aliphatic carbocycles. The van der Waals surface area contributed by atoms with Crippen molar-refractivity contribution in [3.63, 3.8) is 0 Å². The Morgan fingerprint density at radius 3 is 2.44 bits per heavy atom. The van der Waals surface area contributed by atoms with Crippen molar-refractivity contribution in [1.82, 2.24) is 19.4 Å². The number of para-hydroxylation sites is 2. The van der Waals surface area contributed by atoms with Crippen LogP contribution in [0.1, 0.15) is 72.1 Å². The van der Waals surface area contributed by atoms with Crippen molar-refractivity contribution in [2.75, 3.05) is 19.7 Å². The predicted octanol–water partition coefficient (Wildman–Crippen LogP) is 5.47. The molecular weight excluding hydrogens is 568 g/mol. The Morgan fingerprint density at radius 1 is 0.933 bits per heavy atom. The maximum Gasteiger partial charge on any atom is 0.336 e. The lowest BCUT2D eigenvalue weighted by atomic mass is 9.83. The molecule has 232 valence electrons. The molecule has 1 unspecified atom stereocenters. The van der Waals surface area contributed by atoms with Crippen LogP contribution in [0.4, 0.5) is 0 Å². The third-order valence-electron chi connectivity index (χ3n) is 9.02. The smallest absolute Gasteiger partial charge is 0.336 e. The maximum absolute atomic E-state index is 13.6. The molecular formula is C36H38N4O5. The highest BCUT2D eigenvalue weighted by Crippen LogP contribution is 2.38. The standard InChI is InChI=1S/C36H38N4O5/c1-4-45-35(43)33-24(3)39(32(41)21-29(33)26-11-7-9-23(2)19-26)22-25-10-8-12-27(20-25)34(42)38-17-15-28(16-18-38)40-31-14-6-5-13-30(31)37-36(40)44/h5-14,19-20,28-29H,4,15-18,21-22H2,1-3H3,(H,37,44). The van der Waals surface area contributed by atoms with Crippen LogP contribution in [0.3, 0.4) is 0 Å². The lowest BCUT2D eigenvalue weighted by Gasteiger charge is -2.35. The number of piperidine rings is 1. The van der Waals surface area contributed by atoms with Crippen molar-refractivity contribution in [1.29, 1.82) is 0 Å². The molecule has 3 heterocycles. The second-order valence-corrected chi connectivity index (χ2v) is 11.9. The molecule has 9 heteroatoms. The van der Waals surface area contributed by atoms with Crippen molar-refractivity contribution in [2.45, 2.75) is 58.5 Å². The summed E-state index contributed by atoms with van der Waals surface area (Å²) in [5, 5.41) is 0. The highest BCUT2D eigenvalue weighted by molar-refractivity contribution is 5.96. The van der Waals surface area contributed by atoms with Gasteiger partial charge >= 0.3 is 11.7 Å². The van der Waals surface area contributed by atoms with Crippen LogP contribution in [0, 0.1) is 6.92 Å². The number of nitrogens with zero attached hydrogens (tertiary/aromatic N) is 3. The Hall–Kier alpha value is -4.92. The number of aromatic nitrogens is 2. The molecule has 1 fully saturated rings. The van der Waals surface area contributed by atoms with Gasteiger partial charge in [-0.15, -0.1) is 0 Å². The number of likely N-dealkylation sites (tertiary alicyclic amines) is 1. The minimum atomic E-state index is -0.416. The van der Waals surface area contributed by atoms with E-state index in [1.54, 1.807) is 24.8 Å². The quantitative estimate of drug-likeness (QED) is 0.281. The number of nitrogens with one attached hydrogen (secondary N) is 1. The summed E-state index contributed by atoms with van der Waals surface area (Å²) in [6.45, 7) is 7.11. The van der Waals surface area contributed by atoms with Gasteiger partial charge in [0.15, 0.2) is 0 Å². The zero-order valence-electron chi connectivity index (χ0n) is 25.9. The molecule has 0 radical (unpaired) electrons. The number of esters is 1. The summed E-state index contributed by atoms with van der Waals surface area (Å²) < 4.78 is 7.26. The van der Waals surface area contributed by atoms with Gasteiger partial charge in [0.25, 0.3) is 5.91 Å². The number of hydrogen-bond acceptors (Lipinski definition) is 5. The fourth-order valence-corrected chi connectivity index (χ4v) is 6.78. The molecule has 0 bridgehead atoms. The Bertz CT molecular complexity index is 1860. The van der Waals surface area contributed by atoms with Crippen LogP contribution in [0.25, 0.3) is 11.0 Å². The van der Waals surface area contributed by atoms with E-state index in [-0.39, 0.29) is 49.0 Å². The summed E-state index contributed by atoms with van der Waals surface area (Å²) in [5.41, 5.74) is 5.95. The number of carbonyl (C=O) groups is 3. The van der Waals surface area contributed by atoms with E-state index in [0.717, 1.165) is 27.7 Å². The average Bonchev–Trinajstić information content (AvgIpc) is 3.38. The summed E-state index contributed by atoms with van der Waals surface area (Å²) in [7, 11) is 0. The summed E-state index contributed by atoms with van der Waals surface area (Å²) in [4.78, 5) is 59.4. The van der Waals surface area contributed by atoms with Gasteiger partial charge in [-0.3, -0.25) is 14.2 Å². The molecule has 0 saturated carbocycles. The first-order chi connectivity index (χ1) is 21.7. The SMILES string of the molecule is CCOC(=O)C1=C(C)N(Cc2cccc(C(=O)N3CCC(n4c(=O)[nH]c5ccccc54)CC3)c2)C(=O)CC1c1cccc(C)c1. The molecule has 1 aromatic heterocycles. The number of aromatic amines is 1. The second kappa shape index (κ2) is 12.6. The van der Waals surface area contributed by atoms with Crippen molar-refractivity contribution < 1.29 is 19.1 Å². The zero-order chi connectivity index (χ0) is 31.7. The lowest BCUT2D eigenvalue weighted by Crippen LogP contribution is -2.40. The summed E-state index contributed by atoms with van der Waals surface area (Å²) in [6, 6.07) is 22.9. The zero-order valence-corrected chi connectivity index (χ0v) is 25.9. The number of rotatable bonds is 7. The molecule has 4 aromatic rings. The molecule has 1 atom stereocenters. The molecule has 2 amide bonds. The van der Waals surface area contributed by atoms with Crippen LogP contribution >= 0.6 is 0 Å². The number of H-pyrrole nitrogens is 1. The van der Waals surface area contributed by atoms with Crippen molar-refractivity contribution in [2.24, 2.45) is 0 Å². The molecule has 3 aromatic carbocycles. The van der Waals surface area contributed by atoms with Crippen molar-refractivity contribution in [3.8, 4) is 0 Å². The van der Waals surface area contributed by atoms with Gasteiger partial charge in [0.05, 0.1) is 29.8 Å². The minimum Gasteiger partial charge on any atom is -0.463 e. The predicted molar refractivity (Wildman–Crippen MR) is 172 cm³/mol. The minimum absolute atomic E-state index is 0.0149. The average molecular weight is 607 g/mol. The molecule has 2 aliphatic heterocycles. The first-order valence-corrected chi connectivity index (χ1v) is 15.6. The Labute approximate surface area is 262 Å². The van der Waals surface area contributed by atoms with E-state index in [2.05, 4.69) is 4.98 Å². The van der Waals surface area contributed by atoms with E-state index in [1.807, 2.05) is 83.1 Å². The third kappa shape index (κ3) is 5.94. The van der Waals surface area contributed by atoms with E-state index in [4.69, 9.17) is 4.74 Å². The largest absolute Gasteiger partial charge is 0.463 e. The van der Waals surface area contributed by atoms with Gasteiger partial charge in [-0.25, -0.2) is 9.59 Å². The first kappa shape index (κ1) is 30.1. The Kier molecular flexibility index (Phi) is 8.43. The monoisotopic (exact) mass is 606 g/mol. The second-order valence-electron chi connectivity index (χ2n) is 11.9. The Balaban J connectivity index is 1.19. The normalized spacial score (nSPS) is 17.7. The number of hydrogen-bond donors (Lipinski definition) is 1. The van der Waals surface area contributed by atoms with Gasteiger partial charge in [0.1, 0.15) is 0 Å². The van der Waals surface area contributed by atoms with Crippen LogP contribution in [-0.2, 0) is 20.9 Å². The van der Waals surface area contributed by atoms with Crippen molar-refractivity contribution >= 4 is 28.8 Å². The van der Waals surface area contributed by atoms with E-state index in [1.165, 1.54) is 0 Å². The summed E-state index contributed by atoms with van der Waals surface area (Å²) in [6.07, 6.45) is 1.51. The highest BCUT2D eigenvalue weighted by Gasteiger charge is 2.37. The number of ether oxygens (including phenoxy) is 1. The van der Waals surface area contributed by atoms with Gasteiger partial charge in [-0.05, 0) is 69.0 Å². The van der Waals surface area contributed by atoms with Crippen molar-refractivity contribution in [3.05, 3.63) is 117 Å². The fourth-order valence-electron chi connectivity index (χ4n) is 6.78. The molecule has 6 rings (SSSR count). The topological polar surface area (TPSA) is 105 Å². The number of carbonyl (C=O) groups excluding carboxylic acids is 3. The van der Waals surface area contributed by atoms with Crippen LogP contribution in [0.2, 0.25) is 0 Å². The number of allylic oxidation sites excluding steroid dienone is 1. The molecule has 2 aliphatic rings. The van der Waals surface area contributed by atoms with E-state index in [0.29, 0.717) is 42.8 Å². The summed E-state index contributed by atoms with van der Waals surface area (Å²) >= 11 is 0. The molecule has 0 spiro atoms. The van der Waals surface area contributed by atoms with Gasteiger partial charge in [-0.2, -0.15) is 0 Å². The molecule has 9 nitrogen and oxygen atoms in total. The van der Waals surface area contributed by atoms with Gasteiger partial charge in [-0.1, -0.05) is 54.1 Å². The number of fused-ring (bicyclic) bond motifs is 1. The molecule has 1 saturated heterocycles. The van der Waals surface area contributed by atoms with Gasteiger partial charge in [0, 0.05) is 42.7 Å². The van der Waals surface area contributed by atoms with Gasteiger partial charge < -0.3 is 19.5 Å². The molecule has 1 N–H and O–H groups in total. The molecule has 45 heavy (non-hydrogen) atoms. The number of aryl methyl sites for hydroxylation is 1.